The molecule has 1 unspecified atom stereocenters. The quantitative estimate of drug-likeness (QED) is 0.182. The molecule has 1 spiro atoms. The number of aryl methyl sites for hydroxylation is 1. The third-order valence-corrected chi connectivity index (χ3v) is 10.1. The number of rotatable bonds is 10. The Labute approximate surface area is 248 Å². The summed E-state index contributed by atoms with van der Waals surface area (Å²) in [5.41, 5.74) is 11.7. The van der Waals surface area contributed by atoms with Gasteiger partial charge in [0.25, 0.3) is 0 Å². The molecule has 2 heterocycles. The lowest BCUT2D eigenvalue weighted by Crippen LogP contribution is -2.41. The summed E-state index contributed by atoms with van der Waals surface area (Å²) >= 11 is 0. The first-order valence-corrected chi connectivity index (χ1v) is 16.1. The number of fused-ring (bicyclic) bond motifs is 3. The summed E-state index contributed by atoms with van der Waals surface area (Å²) in [6, 6.07) is 27.3. The topological polar surface area (TPSA) is 6.25 Å². The van der Waals surface area contributed by atoms with Gasteiger partial charge in [0.05, 0.1) is 5.41 Å². The fourth-order valence-corrected chi connectivity index (χ4v) is 7.79. The largest absolute Gasteiger partial charge is 0.344 e. The van der Waals surface area contributed by atoms with Crippen molar-refractivity contribution in [3.63, 3.8) is 0 Å². The normalized spacial score (nSPS) is 21.7. The summed E-state index contributed by atoms with van der Waals surface area (Å²) in [6.45, 7) is 11.5. The minimum absolute atomic E-state index is 0.0828. The third kappa shape index (κ3) is 4.70. The Kier molecular flexibility index (Phi) is 7.77. The maximum absolute atomic E-state index is 2.67. The molecule has 0 saturated heterocycles. The summed E-state index contributed by atoms with van der Waals surface area (Å²) in [4.78, 5) is 2.60. The number of anilines is 1. The highest BCUT2D eigenvalue weighted by Gasteiger charge is 2.54. The van der Waals surface area contributed by atoms with Gasteiger partial charge in [0, 0.05) is 47.5 Å². The lowest BCUT2D eigenvalue weighted by molar-refractivity contribution is -0.438. The van der Waals surface area contributed by atoms with Crippen LogP contribution in [0, 0.1) is 6.92 Å². The molecule has 1 aliphatic carbocycles. The molecule has 3 aliphatic rings. The zero-order chi connectivity index (χ0) is 28.5. The zero-order valence-corrected chi connectivity index (χ0v) is 25.6. The van der Waals surface area contributed by atoms with Crippen LogP contribution in [0.1, 0.15) is 88.0 Å². The number of hydrogen-bond donors (Lipinski definition) is 0. The first-order chi connectivity index (χ1) is 20.0. The van der Waals surface area contributed by atoms with Crippen LogP contribution in [-0.2, 0) is 17.3 Å². The van der Waals surface area contributed by atoms with Gasteiger partial charge in [-0.15, -0.1) is 0 Å². The van der Waals surface area contributed by atoms with E-state index in [1.165, 1.54) is 78.0 Å². The molecule has 3 aromatic carbocycles. The lowest BCUT2D eigenvalue weighted by Gasteiger charge is -2.36. The Morgan fingerprint density at radius 3 is 2.32 bits per heavy atom. The van der Waals surface area contributed by atoms with E-state index in [1.54, 1.807) is 5.56 Å². The number of para-hydroxylation sites is 2. The van der Waals surface area contributed by atoms with Crippen LogP contribution in [0.2, 0.25) is 0 Å². The monoisotopic (exact) mass is 543 g/mol. The number of benzene rings is 3. The predicted octanol–water partition coefficient (Wildman–Crippen LogP) is 9.58. The van der Waals surface area contributed by atoms with E-state index in [9.17, 15) is 0 Å². The Bertz CT molecular complexity index is 1500. The molecule has 0 amide bonds. The van der Waals surface area contributed by atoms with E-state index in [1.807, 2.05) is 0 Å². The van der Waals surface area contributed by atoms with E-state index in [4.69, 9.17) is 0 Å². The maximum atomic E-state index is 2.67. The molecule has 0 aromatic heterocycles. The number of allylic oxidation sites excluding steroid dienone is 4. The first-order valence-electron chi connectivity index (χ1n) is 16.1. The van der Waals surface area contributed by atoms with Crippen LogP contribution in [0.5, 0.6) is 0 Å². The maximum Gasteiger partial charge on any atom is 0.209 e. The molecule has 2 heteroatoms. The smallest absolute Gasteiger partial charge is 0.209 e. The van der Waals surface area contributed by atoms with Crippen LogP contribution in [0.3, 0.4) is 0 Å². The Morgan fingerprint density at radius 1 is 0.854 bits per heavy atom. The minimum Gasteiger partial charge on any atom is -0.344 e. The molecule has 41 heavy (non-hydrogen) atoms. The summed E-state index contributed by atoms with van der Waals surface area (Å²) in [6.07, 6.45) is 17.1. The molecule has 2 nitrogen and oxygen atoms in total. The summed E-state index contributed by atoms with van der Waals surface area (Å²) in [5, 5.41) is 0. The van der Waals surface area contributed by atoms with E-state index in [0.717, 1.165) is 25.9 Å². The Morgan fingerprint density at radius 2 is 1.59 bits per heavy atom. The van der Waals surface area contributed by atoms with Crippen LogP contribution in [0.15, 0.2) is 96.7 Å². The molecule has 6 rings (SSSR count). The lowest BCUT2D eigenvalue weighted by atomic mass is 9.62. The predicted molar refractivity (Wildman–Crippen MR) is 175 cm³/mol. The standard InChI is InChI=1S/C39H47N2/c1-5-7-14-28-41-35-22-13-11-20-33(35)39(25-16-26-39)37(41)24-15-23-36-38(4,29-31-18-9-8-17-30(31)3)32-19-10-12-21-34(32)40(36)27-6-2/h8-13,15,17-24H,5-7,14,16,25-29H2,1-4H3/q+1. The molecule has 0 bridgehead atoms. The van der Waals surface area contributed by atoms with Crippen molar-refractivity contribution in [2.75, 3.05) is 18.0 Å². The van der Waals surface area contributed by atoms with Gasteiger partial charge in [-0.3, -0.25) is 0 Å². The zero-order valence-electron chi connectivity index (χ0n) is 25.6. The molecule has 0 radical (unpaired) electrons. The van der Waals surface area contributed by atoms with Crippen LogP contribution in [0.25, 0.3) is 0 Å². The SMILES string of the molecule is CCCCC[N+]1=C(C=CC=C2N(CCC)c3ccccc3C2(C)Cc2ccccc2C)C2(CCC2)c2ccccc21. The van der Waals surface area contributed by atoms with Crippen molar-refractivity contribution in [2.24, 2.45) is 0 Å². The molecule has 1 atom stereocenters. The molecular weight excluding hydrogens is 496 g/mol. The van der Waals surface area contributed by atoms with Gasteiger partial charge in [-0.25, -0.2) is 0 Å². The van der Waals surface area contributed by atoms with Gasteiger partial charge in [0.2, 0.25) is 5.69 Å². The van der Waals surface area contributed by atoms with Crippen molar-refractivity contribution in [1.82, 2.24) is 0 Å². The molecule has 2 aliphatic heterocycles. The van der Waals surface area contributed by atoms with Gasteiger partial charge in [-0.2, -0.15) is 4.58 Å². The van der Waals surface area contributed by atoms with E-state index < -0.39 is 0 Å². The van der Waals surface area contributed by atoms with E-state index >= 15 is 0 Å². The van der Waals surface area contributed by atoms with Crippen molar-refractivity contribution in [3.8, 4) is 0 Å². The Hall–Kier alpha value is -3.39. The van der Waals surface area contributed by atoms with Crippen molar-refractivity contribution >= 4 is 17.1 Å². The molecule has 3 aromatic rings. The van der Waals surface area contributed by atoms with Gasteiger partial charge in [-0.1, -0.05) is 93.4 Å². The van der Waals surface area contributed by atoms with Crippen molar-refractivity contribution in [3.05, 3.63) is 119 Å². The number of unbranched alkanes of at least 4 members (excludes halogenated alkanes) is 2. The highest BCUT2D eigenvalue weighted by Crippen LogP contribution is 2.53. The average molecular weight is 544 g/mol. The first kappa shape index (κ1) is 27.8. The van der Waals surface area contributed by atoms with Crippen LogP contribution in [0.4, 0.5) is 11.4 Å². The third-order valence-electron chi connectivity index (χ3n) is 10.1. The van der Waals surface area contributed by atoms with Crippen LogP contribution in [-0.4, -0.2) is 23.4 Å². The van der Waals surface area contributed by atoms with Crippen molar-refractivity contribution in [1.29, 1.82) is 0 Å². The summed E-state index contributed by atoms with van der Waals surface area (Å²) < 4.78 is 2.67. The van der Waals surface area contributed by atoms with Gasteiger partial charge in [0.1, 0.15) is 6.54 Å². The fraction of sp³-hybridized carbons (Fsp3) is 0.410. The van der Waals surface area contributed by atoms with Gasteiger partial charge in [-0.05, 0) is 74.8 Å². The Balaban J connectivity index is 1.43. The second-order valence-corrected chi connectivity index (χ2v) is 12.7. The molecule has 0 N–H and O–H groups in total. The van der Waals surface area contributed by atoms with E-state index in [0.29, 0.717) is 0 Å². The van der Waals surface area contributed by atoms with Gasteiger partial charge < -0.3 is 4.90 Å². The highest BCUT2D eigenvalue weighted by atomic mass is 15.2. The molecular formula is C39H47N2+. The number of hydrogen-bond acceptors (Lipinski definition) is 1. The second kappa shape index (κ2) is 11.5. The van der Waals surface area contributed by atoms with E-state index in [2.05, 4.69) is 128 Å². The van der Waals surface area contributed by atoms with Gasteiger partial charge in [0.15, 0.2) is 5.71 Å². The van der Waals surface area contributed by atoms with Crippen molar-refractivity contribution in [2.45, 2.75) is 89.9 Å². The van der Waals surface area contributed by atoms with Gasteiger partial charge >= 0.3 is 0 Å². The number of nitrogens with zero attached hydrogens (tertiary/aromatic N) is 2. The van der Waals surface area contributed by atoms with Crippen LogP contribution < -0.4 is 4.90 Å². The second-order valence-electron chi connectivity index (χ2n) is 12.7. The van der Waals surface area contributed by atoms with Crippen molar-refractivity contribution < 1.29 is 4.58 Å². The average Bonchev–Trinajstić information content (AvgIpc) is 3.37. The molecule has 212 valence electrons. The highest BCUT2D eigenvalue weighted by molar-refractivity contribution is 6.04. The molecule has 1 saturated carbocycles. The fourth-order valence-electron chi connectivity index (χ4n) is 7.79. The molecule has 1 fully saturated rings. The van der Waals surface area contributed by atoms with Crippen LogP contribution >= 0.6 is 0 Å². The van der Waals surface area contributed by atoms with E-state index in [-0.39, 0.29) is 10.8 Å². The summed E-state index contributed by atoms with van der Waals surface area (Å²) in [5.74, 6) is 0. The minimum atomic E-state index is -0.0828. The summed E-state index contributed by atoms with van der Waals surface area (Å²) in [7, 11) is 0.